The molecule has 0 fully saturated rings. The van der Waals surface area contributed by atoms with E-state index in [-0.39, 0.29) is 5.82 Å². The van der Waals surface area contributed by atoms with E-state index in [4.69, 9.17) is 4.74 Å². The molecular formula is C18H20FNO. The maximum atomic E-state index is 12.8. The third kappa shape index (κ3) is 5.03. The molecule has 1 atom stereocenters. The molecule has 0 saturated heterocycles. The molecule has 0 saturated carbocycles. The van der Waals surface area contributed by atoms with Gasteiger partial charge in [-0.05, 0) is 60.9 Å². The lowest BCUT2D eigenvalue weighted by molar-refractivity contribution is 0.306. The van der Waals surface area contributed by atoms with Crippen LogP contribution in [0.25, 0.3) is 0 Å². The monoisotopic (exact) mass is 285 g/mol. The SMILES string of the molecule is CCC(C)/N=C/c1ccc(OCc2ccc(F)cc2)cc1. The predicted molar refractivity (Wildman–Crippen MR) is 84.5 cm³/mol. The van der Waals surface area contributed by atoms with E-state index < -0.39 is 0 Å². The second-order valence-corrected chi connectivity index (χ2v) is 5.02. The van der Waals surface area contributed by atoms with Crippen LogP contribution in [0.4, 0.5) is 4.39 Å². The highest BCUT2D eigenvalue weighted by molar-refractivity contribution is 5.79. The van der Waals surface area contributed by atoms with Crippen LogP contribution in [-0.2, 0) is 6.61 Å². The van der Waals surface area contributed by atoms with Crippen molar-refractivity contribution in [3.63, 3.8) is 0 Å². The van der Waals surface area contributed by atoms with Gasteiger partial charge in [0.15, 0.2) is 0 Å². The van der Waals surface area contributed by atoms with E-state index in [2.05, 4.69) is 18.8 Å². The van der Waals surface area contributed by atoms with Crippen molar-refractivity contribution in [1.82, 2.24) is 0 Å². The van der Waals surface area contributed by atoms with Gasteiger partial charge in [0.2, 0.25) is 0 Å². The summed E-state index contributed by atoms with van der Waals surface area (Å²) >= 11 is 0. The van der Waals surface area contributed by atoms with Gasteiger partial charge in [-0.15, -0.1) is 0 Å². The molecule has 0 aliphatic carbocycles. The van der Waals surface area contributed by atoms with Crippen molar-refractivity contribution in [2.24, 2.45) is 4.99 Å². The van der Waals surface area contributed by atoms with Crippen molar-refractivity contribution < 1.29 is 9.13 Å². The maximum absolute atomic E-state index is 12.8. The Kier molecular flexibility index (Phi) is 5.50. The molecular weight excluding hydrogens is 265 g/mol. The highest BCUT2D eigenvalue weighted by atomic mass is 19.1. The molecule has 0 bridgehead atoms. The van der Waals surface area contributed by atoms with E-state index in [1.807, 2.05) is 30.5 Å². The molecule has 0 aromatic heterocycles. The van der Waals surface area contributed by atoms with Crippen LogP contribution in [0.15, 0.2) is 53.5 Å². The molecule has 0 spiro atoms. The second-order valence-electron chi connectivity index (χ2n) is 5.02. The number of aliphatic imine (C=N–C) groups is 1. The topological polar surface area (TPSA) is 21.6 Å². The summed E-state index contributed by atoms with van der Waals surface area (Å²) in [6.07, 6.45) is 2.92. The van der Waals surface area contributed by atoms with Gasteiger partial charge < -0.3 is 4.74 Å². The Morgan fingerprint density at radius 2 is 1.76 bits per heavy atom. The Labute approximate surface area is 125 Å². The molecule has 0 aliphatic heterocycles. The first-order chi connectivity index (χ1) is 10.2. The zero-order valence-electron chi connectivity index (χ0n) is 12.4. The van der Waals surface area contributed by atoms with Crippen molar-refractivity contribution >= 4 is 6.21 Å². The fourth-order valence-electron chi connectivity index (χ4n) is 1.72. The van der Waals surface area contributed by atoms with Gasteiger partial charge in [-0.1, -0.05) is 19.1 Å². The van der Waals surface area contributed by atoms with Gasteiger partial charge in [-0.2, -0.15) is 0 Å². The average molecular weight is 285 g/mol. The van der Waals surface area contributed by atoms with Crippen LogP contribution >= 0.6 is 0 Å². The first kappa shape index (κ1) is 15.2. The van der Waals surface area contributed by atoms with Crippen LogP contribution in [0.2, 0.25) is 0 Å². The largest absolute Gasteiger partial charge is 0.489 e. The van der Waals surface area contributed by atoms with Gasteiger partial charge in [0.05, 0.1) is 0 Å². The summed E-state index contributed by atoms with van der Waals surface area (Å²) in [4.78, 5) is 4.44. The minimum atomic E-state index is -0.233. The molecule has 0 aliphatic rings. The van der Waals surface area contributed by atoms with E-state index in [1.54, 1.807) is 12.1 Å². The molecule has 110 valence electrons. The van der Waals surface area contributed by atoms with Crippen molar-refractivity contribution in [2.45, 2.75) is 32.9 Å². The Hall–Kier alpha value is -2.16. The van der Waals surface area contributed by atoms with Gasteiger partial charge in [0, 0.05) is 12.3 Å². The molecule has 2 aromatic rings. The molecule has 0 N–H and O–H groups in total. The van der Waals surface area contributed by atoms with Crippen molar-refractivity contribution in [3.8, 4) is 5.75 Å². The fraction of sp³-hybridized carbons (Fsp3) is 0.278. The van der Waals surface area contributed by atoms with Crippen LogP contribution < -0.4 is 4.74 Å². The van der Waals surface area contributed by atoms with Crippen LogP contribution in [0.1, 0.15) is 31.4 Å². The molecule has 21 heavy (non-hydrogen) atoms. The first-order valence-corrected chi connectivity index (χ1v) is 7.18. The highest BCUT2D eigenvalue weighted by Crippen LogP contribution is 2.14. The van der Waals surface area contributed by atoms with Gasteiger partial charge >= 0.3 is 0 Å². The molecule has 0 radical (unpaired) electrons. The summed E-state index contributed by atoms with van der Waals surface area (Å²) in [6, 6.07) is 14.5. The summed E-state index contributed by atoms with van der Waals surface area (Å²) in [5.41, 5.74) is 2.00. The zero-order chi connectivity index (χ0) is 15.1. The number of nitrogens with zero attached hydrogens (tertiary/aromatic N) is 1. The van der Waals surface area contributed by atoms with Gasteiger partial charge in [0.1, 0.15) is 18.2 Å². The molecule has 1 unspecified atom stereocenters. The minimum Gasteiger partial charge on any atom is -0.489 e. The van der Waals surface area contributed by atoms with E-state index in [0.29, 0.717) is 12.6 Å². The summed E-state index contributed by atoms with van der Waals surface area (Å²) in [5, 5.41) is 0. The summed E-state index contributed by atoms with van der Waals surface area (Å²) in [7, 11) is 0. The first-order valence-electron chi connectivity index (χ1n) is 7.18. The Bertz CT molecular complexity index is 575. The lowest BCUT2D eigenvalue weighted by atomic mass is 10.2. The normalized spacial score (nSPS) is 12.5. The molecule has 2 rings (SSSR count). The zero-order valence-corrected chi connectivity index (χ0v) is 12.4. The summed E-state index contributed by atoms with van der Waals surface area (Å²) < 4.78 is 18.5. The number of halogens is 1. The summed E-state index contributed by atoms with van der Waals surface area (Å²) in [6.45, 7) is 4.64. The van der Waals surface area contributed by atoms with E-state index >= 15 is 0 Å². The Morgan fingerprint density at radius 1 is 1.10 bits per heavy atom. The van der Waals surface area contributed by atoms with Crippen LogP contribution in [-0.4, -0.2) is 12.3 Å². The molecule has 0 heterocycles. The maximum Gasteiger partial charge on any atom is 0.123 e. The fourth-order valence-corrected chi connectivity index (χ4v) is 1.72. The second kappa shape index (κ2) is 7.58. The Balaban J connectivity index is 1.90. The number of hydrogen-bond acceptors (Lipinski definition) is 2. The van der Waals surface area contributed by atoms with Crippen LogP contribution in [0, 0.1) is 5.82 Å². The quantitative estimate of drug-likeness (QED) is 0.709. The third-order valence-electron chi connectivity index (χ3n) is 3.27. The standard InChI is InChI=1S/C18H20FNO/c1-3-14(2)20-12-15-6-10-18(11-7-15)21-13-16-4-8-17(19)9-5-16/h4-12,14H,3,13H2,1-2H3/b20-12+. The van der Waals surface area contributed by atoms with Gasteiger partial charge in [-0.3, -0.25) is 4.99 Å². The number of hydrogen-bond donors (Lipinski definition) is 0. The lowest BCUT2D eigenvalue weighted by Gasteiger charge is -2.06. The third-order valence-corrected chi connectivity index (χ3v) is 3.27. The average Bonchev–Trinajstić information content (AvgIpc) is 2.53. The van der Waals surface area contributed by atoms with Gasteiger partial charge in [-0.25, -0.2) is 4.39 Å². The van der Waals surface area contributed by atoms with Crippen molar-refractivity contribution in [3.05, 3.63) is 65.5 Å². The van der Waals surface area contributed by atoms with E-state index in [9.17, 15) is 4.39 Å². The predicted octanol–water partition coefficient (Wildman–Crippen LogP) is 4.62. The van der Waals surface area contributed by atoms with E-state index in [1.165, 1.54) is 12.1 Å². The van der Waals surface area contributed by atoms with Crippen molar-refractivity contribution in [1.29, 1.82) is 0 Å². The molecule has 2 aromatic carbocycles. The highest BCUT2D eigenvalue weighted by Gasteiger charge is 1.98. The number of rotatable bonds is 6. The van der Waals surface area contributed by atoms with Crippen molar-refractivity contribution in [2.75, 3.05) is 0 Å². The smallest absolute Gasteiger partial charge is 0.123 e. The van der Waals surface area contributed by atoms with E-state index in [0.717, 1.165) is 23.3 Å². The Morgan fingerprint density at radius 3 is 2.38 bits per heavy atom. The number of ether oxygens (including phenoxy) is 1. The van der Waals surface area contributed by atoms with Crippen LogP contribution in [0.5, 0.6) is 5.75 Å². The molecule has 3 heteroatoms. The van der Waals surface area contributed by atoms with Crippen LogP contribution in [0.3, 0.4) is 0 Å². The summed E-state index contributed by atoms with van der Waals surface area (Å²) in [5.74, 6) is 0.559. The van der Waals surface area contributed by atoms with Gasteiger partial charge in [0.25, 0.3) is 0 Å². The minimum absolute atomic E-state index is 0.233. The molecule has 0 amide bonds. The number of benzene rings is 2. The lowest BCUT2D eigenvalue weighted by Crippen LogP contribution is -1.97. The molecule has 2 nitrogen and oxygen atoms in total.